The maximum atomic E-state index is 12.6. The minimum absolute atomic E-state index is 0.0580. The van der Waals surface area contributed by atoms with Crippen molar-refractivity contribution in [3.8, 4) is 0 Å². The van der Waals surface area contributed by atoms with Crippen molar-refractivity contribution in [2.75, 3.05) is 13.7 Å². The molecular weight excluding hydrogens is 400 g/mol. The summed E-state index contributed by atoms with van der Waals surface area (Å²) >= 11 is 0. The predicted octanol–water partition coefficient (Wildman–Crippen LogP) is 5.98. The van der Waals surface area contributed by atoms with Crippen molar-refractivity contribution in [1.29, 1.82) is 0 Å². The summed E-state index contributed by atoms with van der Waals surface area (Å²) in [5.41, 5.74) is 2.78. The van der Waals surface area contributed by atoms with Crippen molar-refractivity contribution in [3.63, 3.8) is 0 Å². The number of rotatable bonds is 14. The molecule has 0 aromatic rings. The molecule has 4 heteroatoms. The number of carbonyl (C=O) groups is 2. The van der Waals surface area contributed by atoms with E-state index in [9.17, 15) is 14.7 Å². The smallest absolute Gasteiger partial charge is 0.189 e. The number of hydrogen-bond acceptors (Lipinski definition) is 4. The van der Waals surface area contributed by atoms with Gasteiger partial charge in [0.15, 0.2) is 11.6 Å². The summed E-state index contributed by atoms with van der Waals surface area (Å²) < 4.78 is 5.44. The molecule has 0 fully saturated rings. The summed E-state index contributed by atoms with van der Waals surface area (Å²) in [6.45, 7) is 8.45. The summed E-state index contributed by atoms with van der Waals surface area (Å²) in [5, 5.41) is 9.34. The molecule has 2 aliphatic rings. The third kappa shape index (κ3) is 7.83. The molecule has 0 spiro atoms. The van der Waals surface area contributed by atoms with E-state index in [1.807, 2.05) is 24.3 Å². The lowest BCUT2D eigenvalue weighted by Gasteiger charge is -2.22. The Morgan fingerprint density at radius 1 is 0.781 bits per heavy atom. The lowest BCUT2D eigenvalue weighted by atomic mass is 9.87. The first-order valence-corrected chi connectivity index (χ1v) is 11.8. The van der Waals surface area contributed by atoms with Crippen molar-refractivity contribution < 1.29 is 19.4 Å². The molecule has 1 N–H and O–H groups in total. The number of ether oxygens (including phenoxy) is 1. The van der Waals surface area contributed by atoms with Gasteiger partial charge < -0.3 is 9.84 Å². The van der Waals surface area contributed by atoms with Gasteiger partial charge in [0.2, 0.25) is 0 Å². The minimum atomic E-state index is -0.120. The van der Waals surface area contributed by atoms with E-state index in [1.54, 1.807) is 19.3 Å². The van der Waals surface area contributed by atoms with E-state index >= 15 is 0 Å². The monoisotopic (exact) mass is 440 g/mol. The molecule has 0 heterocycles. The highest BCUT2D eigenvalue weighted by atomic mass is 16.5. The van der Waals surface area contributed by atoms with Gasteiger partial charge in [-0.05, 0) is 57.8 Å². The summed E-state index contributed by atoms with van der Waals surface area (Å²) in [7, 11) is 1.73. The van der Waals surface area contributed by atoms with Crippen LogP contribution in [0.5, 0.6) is 0 Å². The summed E-state index contributed by atoms with van der Waals surface area (Å²) in [5.74, 6) is 0.126. The topological polar surface area (TPSA) is 63.6 Å². The van der Waals surface area contributed by atoms with Crippen LogP contribution in [0.3, 0.4) is 0 Å². The quantitative estimate of drug-likeness (QED) is 0.338. The zero-order valence-electron chi connectivity index (χ0n) is 20.5. The van der Waals surface area contributed by atoms with Crippen LogP contribution >= 0.6 is 0 Å². The molecule has 0 amide bonds. The minimum Gasteiger partial charge on any atom is -0.396 e. The molecule has 176 valence electrons. The number of aliphatic hydroxyl groups excluding tert-OH is 1. The molecule has 32 heavy (non-hydrogen) atoms. The van der Waals surface area contributed by atoms with Crippen molar-refractivity contribution in [2.24, 2.45) is 5.41 Å². The van der Waals surface area contributed by atoms with Crippen LogP contribution in [-0.2, 0) is 14.3 Å². The number of hydrogen-bond donors (Lipinski definition) is 1. The van der Waals surface area contributed by atoms with Gasteiger partial charge in [-0.2, -0.15) is 0 Å². The number of allylic oxidation sites excluding steroid dienone is 10. The van der Waals surface area contributed by atoms with E-state index < -0.39 is 0 Å². The van der Waals surface area contributed by atoms with Gasteiger partial charge in [-0.25, -0.2) is 0 Å². The molecular formula is C28H40O4. The molecule has 0 aromatic heterocycles. The fraction of sp³-hybridized carbons (Fsp3) is 0.571. The van der Waals surface area contributed by atoms with E-state index in [2.05, 4.69) is 27.7 Å². The van der Waals surface area contributed by atoms with Gasteiger partial charge in [-0.1, -0.05) is 63.1 Å². The van der Waals surface area contributed by atoms with Crippen molar-refractivity contribution in [3.05, 3.63) is 58.7 Å². The number of unbranched alkanes of at least 4 members (excludes halogenated alkanes) is 2. The Labute approximate surface area is 193 Å². The van der Waals surface area contributed by atoms with Crippen LogP contribution in [0, 0.1) is 5.41 Å². The molecule has 0 aliphatic heterocycles. The maximum Gasteiger partial charge on any atom is 0.189 e. The van der Waals surface area contributed by atoms with Crippen LogP contribution in [-0.4, -0.2) is 36.0 Å². The predicted molar refractivity (Wildman–Crippen MR) is 130 cm³/mol. The Hall–Kier alpha value is -2.04. The van der Waals surface area contributed by atoms with E-state index in [0.717, 1.165) is 62.5 Å². The van der Waals surface area contributed by atoms with Gasteiger partial charge in [0.05, 0.1) is 5.60 Å². The second-order valence-electron chi connectivity index (χ2n) is 10.3. The lowest BCUT2D eigenvalue weighted by molar-refractivity contribution is -0.112. The molecule has 2 aliphatic carbocycles. The average molecular weight is 441 g/mol. The van der Waals surface area contributed by atoms with Crippen LogP contribution in [0.1, 0.15) is 79.1 Å². The first-order chi connectivity index (χ1) is 15.1. The van der Waals surface area contributed by atoms with E-state index in [1.165, 1.54) is 0 Å². The highest BCUT2D eigenvalue weighted by molar-refractivity contribution is 6.15. The molecule has 0 unspecified atom stereocenters. The number of aliphatic hydroxyl groups is 1. The fourth-order valence-electron chi connectivity index (χ4n) is 3.86. The van der Waals surface area contributed by atoms with Gasteiger partial charge in [0.1, 0.15) is 0 Å². The number of carbonyl (C=O) groups excluding carboxylic acids is 2. The van der Waals surface area contributed by atoms with Crippen molar-refractivity contribution in [1.82, 2.24) is 0 Å². The van der Waals surface area contributed by atoms with Crippen LogP contribution in [0.2, 0.25) is 0 Å². The molecule has 0 saturated carbocycles. The third-order valence-electron chi connectivity index (χ3n) is 6.48. The molecule has 0 radical (unpaired) electrons. The maximum absolute atomic E-state index is 12.6. The second kappa shape index (κ2) is 11.7. The van der Waals surface area contributed by atoms with Gasteiger partial charge >= 0.3 is 0 Å². The largest absolute Gasteiger partial charge is 0.396 e. The first kappa shape index (κ1) is 26.2. The fourth-order valence-corrected chi connectivity index (χ4v) is 3.86. The van der Waals surface area contributed by atoms with Crippen molar-refractivity contribution >= 4 is 11.6 Å². The SMILES string of the molecule is COC(C)(C)CCCCC1=CC=C(/C=C\C2=CC=C(CCCCC(C)(C)CO)C2=O)C1=O. The molecule has 4 nitrogen and oxygen atoms in total. The summed E-state index contributed by atoms with van der Waals surface area (Å²) in [6.07, 6.45) is 18.4. The standard InChI is InChI=1S/C28H40O4/c1-27(2,20-29)18-8-6-10-21-12-14-23(25(21)30)16-17-24-15-13-22(26(24)31)11-7-9-19-28(3,4)32-5/h12-17,29H,6-11,18-20H2,1-5H3/b17-16-. The Morgan fingerprint density at radius 2 is 1.25 bits per heavy atom. The number of methoxy groups -OCH3 is 1. The van der Waals surface area contributed by atoms with Crippen LogP contribution in [0.4, 0.5) is 0 Å². The summed E-state index contributed by atoms with van der Waals surface area (Å²) in [4.78, 5) is 25.3. The average Bonchev–Trinajstić information content (AvgIpc) is 3.29. The first-order valence-electron chi connectivity index (χ1n) is 11.8. The normalized spacial score (nSPS) is 17.2. The molecule has 0 bridgehead atoms. The number of Topliss-reactive ketones (excluding diaryl/α,β-unsaturated/α-hetero) is 2. The van der Waals surface area contributed by atoms with Gasteiger partial charge in [-0.15, -0.1) is 0 Å². The Kier molecular flexibility index (Phi) is 9.60. The molecule has 0 aromatic carbocycles. The Morgan fingerprint density at radius 3 is 1.69 bits per heavy atom. The van der Waals surface area contributed by atoms with E-state index in [4.69, 9.17) is 4.74 Å². The van der Waals surface area contributed by atoms with E-state index in [-0.39, 0.29) is 29.2 Å². The molecule has 2 rings (SSSR count). The molecule has 0 saturated heterocycles. The van der Waals surface area contributed by atoms with Crippen LogP contribution in [0.25, 0.3) is 0 Å². The van der Waals surface area contributed by atoms with Crippen molar-refractivity contribution in [2.45, 2.75) is 84.7 Å². The second-order valence-corrected chi connectivity index (χ2v) is 10.3. The van der Waals surface area contributed by atoms with Crippen LogP contribution < -0.4 is 0 Å². The van der Waals surface area contributed by atoms with Gasteiger partial charge in [-0.3, -0.25) is 9.59 Å². The van der Waals surface area contributed by atoms with Gasteiger partial charge in [0.25, 0.3) is 0 Å². The zero-order valence-corrected chi connectivity index (χ0v) is 20.5. The highest BCUT2D eigenvalue weighted by Gasteiger charge is 2.21. The van der Waals surface area contributed by atoms with Crippen LogP contribution in [0.15, 0.2) is 58.7 Å². The van der Waals surface area contributed by atoms with E-state index in [0.29, 0.717) is 11.1 Å². The number of ketones is 2. The zero-order chi connectivity index (χ0) is 23.8. The lowest BCUT2D eigenvalue weighted by Crippen LogP contribution is -2.21. The Bertz CT molecular complexity index is 777. The molecule has 0 atom stereocenters. The third-order valence-corrected chi connectivity index (χ3v) is 6.48. The summed E-state index contributed by atoms with van der Waals surface area (Å²) in [6, 6.07) is 0. The highest BCUT2D eigenvalue weighted by Crippen LogP contribution is 2.27. The Balaban J connectivity index is 1.73. The van der Waals surface area contributed by atoms with Gasteiger partial charge in [0, 0.05) is 36.0 Å².